The molecule has 6 nitrogen and oxygen atoms in total. The zero-order chi connectivity index (χ0) is 18.1. The highest BCUT2D eigenvalue weighted by atomic mass is 19.1. The second kappa shape index (κ2) is 6.72. The van der Waals surface area contributed by atoms with Gasteiger partial charge in [-0.25, -0.2) is 23.7 Å². The highest BCUT2D eigenvalue weighted by Gasteiger charge is 2.22. The van der Waals surface area contributed by atoms with Gasteiger partial charge in [0.05, 0.1) is 16.8 Å². The molecule has 1 aromatic carbocycles. The molecule has 0 spiro atoms. The van der Waals surface area contributed by atoms with Crippen molar-refractivity contribution in [2.45, 2.75) is 19.5 Å². The minimum Gasteiger partial charge on any atom is -0.306 e. The van der Waals surface area contributed by atoms with Gasteiger partial charge in [0.2, 0.25) is 0 Å². The van der Waals surface area contributed by atoms with Gasteiger partial charge in [0.25, 0.3) is 5.56 Å². The molecule has 2 aromatic heterocycles. The molecule has 0 saturated heterocycles. The summed E-state index contributed by atoms with van der Waals surface area (Å²) < 4.78 is 27.2. The molecule has 0 unspecified atom stereocenters. The van der Waals surface area contributed by atoms with E-state index in [4.69, 9.17) is 0 Å². The zero-order valence-electron chi connectivity index (χ0n) is 13.7. The van der Waals surface area contributed by atoms with Crippen LogP contribution in [-0.4, -0.2) is 31.4 Å². The minimum atomic E-state index is -0.479. The average molecular weight is 355 g/mol. The predicted molar refractivity (Wildman–Crippen MR) is 90.1 cm³/mol. The summed E-state index contributed by atoms with van der Waals surface area (Å²) in [6.45, 7) is 1.17. The van der Waals surface area contributed by atoms with Gasteiger partial charge in [-0.05, 0) is 18.2 Å². The summed E-state index contributed by atoms with van der Waals surface area (Å²) in [6, 6.07) is 3.39. The Morgan fingerprint density at radius 3 is 2.81 bits per heavy atom. The largest absolute Gasteiger partial charge is 0.306 e. The fraction of sp³-hybridized carbons (Fsp3) is 0.222. The van der Waals surface area contributed by atoms with Crippen molar-refractivity contribution in [3.63, 3.8) is 0 Å². The fourth-order valence-electron chi connectivity index (χ4n) is 3.08. The van der Waals surface area contributed by atoms with Crippen molar-refractivity contribution in [3.05, 3.63) is 75.7 Å². The number of nitrogens with one attached hydrogen (secondary N) is 1. The number of fused-ring (bicyclic) bond motifs is 1. The van der Waals surface area contributed by atoms with Gasteiger partial charge in [0.15, 0.2) is 0 Å². The highest BCUT2D eigenvalue weighted by molar-refractivity contribution is 5.52. The van der Waals surface area contributed by atoms with E-state index in [1.807, 2.05) is 4.90 Å². The molecular formula is C18H15F2N5O. The van der Waals surface area contributed by atoms with Crippen molar-refractivity contribution in [1.29, 1.82) is 0 Å². The second-order valence-electron chi connectivity index (χ2n) is 6.16. The molecule has 1 N–H and O–H groups in total. The maximum atomic E-state index is 13.9. The Bertz CT molecular complexity index is 1010. The summed E-state index contributed by atoms with van der Waals surface area (Å²) in [7, 11) is 0. The molecule has 4 rings (SSSR count). The van der Waals surface area contributed by atoms with Crippen LogP contribution in [0.5, 0.6) is 0 Å². The van der Waals surface area contributed by atoms with Gasteiger partial charge in [-0.1, -0.05) is 0 Å². The first-order chi connectivity index (χ1) is 12.6. The normalized spacial score (nSPS) is 14.2. The van der Waals surface area contributed by atoms with Crippen molar-refractivity contribution in [2.75, 3.05) is 6.54 Å². The number of benzene rings is 1. The van der Waals surface area contributed by atoms with Crippen LogP contribution in [0, 0.1) is 11.6 Å². The molecule has 0 amide bonds. The first-order valence-electron chi connectivity index (χ1n) is 8.14. The molecule has 1 aliphatic heterocycles. The lowest BCUT2D eigenvalue weighted by molar-refractivity contribution is 0.238. The molecule has 0 fully saturated rings. The summed E-state index contributed by atoms with van der Waals surface area (Å²) >= 11 is 0. The lowest BCUT2D eigenvalue weighted by Gasteiger charge is -2.27. The molecule has 3 aromatic rings. The van der Waals surface area contributed by atoms with E-state index in [9.17, 15) is 13.6 Å². The van der Waals surface area contributed by atoms with Crippen LogP contribution in [0.25, 0.3) is 11.4 Å². The molecule has 8 heteroatoms. The highest BCUT2D eigenvalue weighted by Crippen LogP contribution is 2.20. The monoisotopic (exact) mass is 355 g/mol. The molecule has 0 radical (unpaired) electrons. The van der Waals surface area contributed by atoms with E-state index in [-0.39, 0.29) is 17.7 Å². The van der Waals surface area contributed by atoms with E-state index in [0.29, 0.717) is 42.2 Å². The van der Waals surface area contributed by atoms with Crippen LogP contribution in [0.4, 0.5) is 8.78 Å². The quantitative estimate of drug-likeness (QED) is 0.778. The number of nitrogens with zero attached hydrogens (tertiary/aromatic N) is 4. The van der Waals surface area contributed by atoms with Crippen LogP contribution in [0.3, 0.4) is 0 Å². The molecule has 26 heavy (non-hydrogen) atoms. The Kier molecular flexibility index (Phi) is 4.26. The van der Waals surface area contributed by atoms with Crippen LogP contribution in [0.15, 0.2) is 41.7 Å². The number of aromatic nitrogens is 4. The number of hydrogen-bond acceptors (Lipinski definition) is 5. The van der Waals surface area contributed by atoms with Crippen LogP contribution in [0.2, 0.25) is 0 Å². The van der Waals surface area contributed by atoms with E-state index >= 15 is 0 Å². The van der Waals surface area contributed by atoms with Gasteiger partial charge in [-0.3, -0.25) is 9.69 Å². The molecule has 3 heterocycles. The standard InChI is InChI=1S/C18H15F2N5O/c19-13-1-2-15(20)11(5-13)8-25-4-3-16-14(9-25)18(26)24-17(23-16)12-6-21-10-22-7-12/h1-2,5-7,10H,3-4,8-9H2,(H,23,24,26). The van der Waals surface area contributed by atoms with Gasteiger partial charge < -0.3 is 4.98 Å². The second-order valence-corrected chi connectivity index (χ2v) is 6.16. The number of halogens is 2. The Morgan fingerprint density at radius 1 is 1.19 bits per heavy atom. The number of aromatic amines is 1. The molecule has 1 aliphatic rings. The van der Waals surface area contributed by atoms with Gasteiger partial charge in [-0.15, -0.1) is 0 Å². The third kappa shape index (κ3) is 3.23. The Balaban J connectivity index is 1.59. The molecule has 0 atom stereocenters. The molecular weight excluding hydrogens is 340 g/mol. The lowest BCUT2D eigenvalue weighted by Crippen LogP contribution is -2.35. The zero-order valence-corrected chi connectivity index (χ0v) is 13.7. The number of H-pyrrole nitrogens is 1. The average Bonchev–Trinajstić information content (AvgIpc) is 2.66. The topological polar surface area (TPSA) is 74.8 Å². The molecule has 0 bridgehead atoms. The van der Waals surface area contributed by atoms with E-state index in [0.717, 1.165) is 12.1 Å². The summed E-state index contributed by atoms with van der Waals surface area (Å²) in [5, 5.41) is 0. The predicted octanol–water partition coefficient (Wildman–Crippen LogP) is 2.06. The maximum absolute atomic E-state index is 13.9. The van der Waals surface area contributed by atoms with E-state index < -0.39 is 11.6 Å². The Morgan fingerprint density at radius 2 is 2.00 bits per heavy atom. The summed E-state index contributed by atoms with van der Waals surface area (Å²) in [6.07, 6.45) is 5.12. The van der Waals surface area contributed by atoms with Crippen LogP contribution in [0.1, 0.15) is 16.8 Å². The number of rotatable bonds is 3. The summed E-state index contributed by atoms with van der Waals surface area (Å²) in [5.41, 5.74) is 1.93. The van der Waals surface area contributed by atoms with Crippen LogP contribution < -0.4 is 5.56 Å². The summed E-state index contributed by atoms with van der Waals surface area (Å²) in [4.78, 5) is 29.5. The third-order valence-electron chi connectivity index (χ3n) is 4.38. The first-order valence-corrected chi connectivity index (χ1v) is 8.14. The Labute approximate surface area is 147 Å². The summed E-state index contributed by atoms with van der Waals surface area (Å²) in [5.74, 6) is -0.504. The minimum absolute atomic E-state index is 0.233. The first kappa shape index (κ1) is 16.5. The van der Waals surface area contributed by atoms with E-state index in [1.165, 1.54) is 12.4 Å². The SMILES string of the molecule is O=c1[nH]c(-c2cncnc2)nc2c1CN(Cc1cc(F)ccc1F)CC2. The van der Waals surface area contributed by atoms with Crippen LogP contribution in [-0.2, 0) is 19.5 Å². The fourth-order valence-corrected chi connectivity index (χ4v) is 3.08. The Hall–Kier alpha value is -3.00. The smallest absolute Gasteiger partial charge is 0.255 e. The van der Waals surface area contributed by atoms with Crippen molar-refractivity contribution in [2.24, 2.45) is 0 Å². The maximum Gasteiger partial charge on any atom is 0.255 e. The molecule has 0 aliphatic carbocycles. The van der Waals surface area contributed by atoms with Gasteiger partial charge >= 0.3 is 0 Å². The third-order valence-corrected chi connectivity index (χ3v) is 4.38. The lowest BCUT2D eigenvalue weighted by atomic mass is 10.1. The van der Waals surface area contributed by atoms with Gasteiger partial charge in [0, 0.05) is 44.0 Å². The van der Waals surface area contributed by atoms with Crippen LogP contribution >= 0.6 is 0 Å². The van der Waals surface area contributed by atoms with Crippen molar-refractivity contribution in [1.82, 2.24) is 24.8 Å². The molecule has 132 valence electrons. The molecule has 0 saturated carbocycles. The number of hydrogen-bond donors (Lipinski definition) is 1. The van der Waals surface area contributed by atoms with E-state index in [2.05, 4.69) is 19.9 Å². The van der Waals surface area contributed by atoms with E-state index in [1.54, 1.807) is 12.4 Å². The van der Waals surface area contributed by atoms with Gasteiger partial charge in [0.1, 0.15) is 23.8 Å². The van der Waals surface area contributed by atoms with Gasteiger partial charge in [-0.2, -0.15) is 0 Å². The van der Waals surface area contributed by atoms with Crippen molar-refractivity contribution < 1.29 is 8.78 Å². The van der Waals surface area contributed by atoms with Crippen molar-refractivity contribution >= 4 is 0 Å². The van der Waals surface area contributed by atoms with Crippen molar-refractivity contribution in [3.8, 4) is 11.4 Å².